The summed E-state index contributed by atoms with van der Waals surface area (Å²) in [7, 11) is 0. The summed E-state index contributed by atoms with van der Waals surface area (Å²) in [4.78, 5) is 22.8. The van der Waals surface area contributed by atoms with Crippen LogP contribution in [0.5, 0.6) is 0 Å². The maximum atomic E-state index is 11.5. The number of nitrogens with zero attached hydrogens (tertiary/aromatic N) is 5. The highest BCUT2D eigenvalue weighted by molar-refractivity contribution is 5.70. The summed E-state index contributed by atoms with van der Waals surface area (Å²) in [6.45, 7) is 3.94. The van der Waals surface area contributed by atoms with E-state index < -0.39 is 11.9 Å². The van der Waals surface area contributed by atoms with Crippen molar-refractivity contribution in [1.29, 1.82) is 0 Å². The number of hydrogen-bond donors (Lipinski definition) is 3. The smallest absolute Gasteiger partial charge is 0.309 e. The third-order valence-electron chi connectivity index (χ3n) is 3.84. The topological polar surface area (TPSA) is 114 Å². The minimum absolute atomic E-state index is 0.419. The molecule has 0 bridgehead atoms. The van der Waals surface area contributed by atoms with Crippen molar-refractivity contribution >= 4 is 5.97 Å². The highest BCUT2D eigenvalue weighted by Gasteiger charge is 2.28. The molecule has 1 aliphatic heterocycles. The SMILES string of the molecule is O=C(O)C1CN(Cc2cn[nH]n2)CCN(Cc2cnc[nH]2)C1. The van der Waals surface area contributed by atoms with E-state index in [1.165, 1.54) is 0 Å². The molecule has 2 aromatic heterocycles. The molecule has 3 heterocycles. The molecule has 1 fully saturated rings. The van der Waals surface area contributed by atoms with Gasteiger partial charge in [0.15, 0.2) is 0 Å². The Kier molecular flexibility index (Phi) is 4.45. The van der Waals surface area contributed by atoms with Gasteiger partial charge in [0.25, 0.3) is 0 Å². The Bertz CT molecular complexity index is 537. The summed E-state index contributed by atoms with van der Waals surface area (Å²) in [5.74, 6) is -1.18. The summed E-state index contributed by atoms with van der Waals surface area (Å²) in [6.07, 6.45) is 5.08. The predicted octanol–water partition coefficient (Wildman–Crippen LogP) is -0.454. The zero-order valence-electron chi connectivity index (χ0n) is 12.1. The lowest BCUT2D eigenvalue weighted by atomic mass is 10.1. The van der Waals surface area contributed by atoms with E-state index in [0.29, 0.717) is 26.2 Å². The summed E-state index contributed by atoms with van der Waals surface area (Å²) in [5, 5.41) is 19.9. The molecule has 0 radical (unpaired) electrons. The Morgan fingerprint density at radius 1 is 1.27 bits per heavy atom. The maximum absolute atomic E-state index is 11.5. The second-order valence-electron chi connectivity index (χ2n) is 5.54. The van der Waals surface area contributed by atoms with Crippen LogP contribution in [0.15, 0.2) is 18.7 Å². The van der Waals surface area contributed by atoms with Crippen LogP contribution in [0.4, 0.5) is 0 Å². The van der Waals surface area contributed by atoms with Gasteiger partial charge in [-0.15, -0.1) is 0 Å². The van der Waals surface area contributed by atoms with E-state index in [1.54, 1.807) is 18.7 Å². The molecule has 9 nitrogen and oxygen atoms in total. The first kappa shape index (κ1) is 14.7. The second-order valence-corrected chi connectivity index (χ2v) is 5.54. The predicted molar refractivity (Wildman–Crippen MR) is 76.7 cm³/mol. The van der Waals surface area contributed by atoms with E-state index in [2.05, 4.69) is 35.2 Å². The van der Waals surface area contributed by atoms with Gasteiger partial charge in [0.05, 0.1) is 24.1 Å². The molecule has 1 aliphatic rings. The van der Waals surface area contributed by atoms with Crippen LogP contribution in [0.2, 0.25) is 0 Å². The van der Waals surface area contributed by atoms with Crippen molar-refractivity contribution in [1.82, 2.24) is 35.2 Å². The van der Waals surface area contributed by atoms with Crippen LogP contribution in [0, 0.1) is 5.92 Å². The average Bonchev–Trinajstić information content (AvgIpc) is 3.13. The number of aliphatic carboxylic acids is 1. The summed E-state index contributed by atoms with van der Waals surface area (Å²) in [5.41, 5.74) is 1.82. The number of carboxylic acids is 1. The Labute approximate surface area is 127 Å². The van der Waals surface area contributed by atoms with Gasteiger partial charge in [-0.1, -0.05) is 0 Å². The van der Waals surface area contributed by atoms with Gasteiger partial charge in [-0.2, -0.15) is 15.4 Å². The molecule has 0 spiro atoms. The standard InChI is InChI=1S/C13H19N7O2/c21-13(22)10-5-19(7-11-3-14-9-15-11)1-2-20(6-10)8-12-4-16-18-17-12/h3-4,9-10H,1-2,5-8H2,(H,14,15)(H,21,22)(H,16,17,18). The number of carbonyl (C=O) groups is 1. The number of H-pyrrole nitrogens is 2. The van der Waals surface area contributed by atoms with Crippen molar-refractivity contribution in [2.45, 2.75) is 13.1 Å². The number of imidazole rings is 1. The quantitative estimate of drug-likeness (QED) is 0.685. The van der Waals surface area contributed by atoms with Gasteiger partial charge in [-0.3, -0.25) is 14.6 Å². The van der Waals surface area contributed by atoms with Crippen LogP contribution in [-0.2, 0) is 17.9 Å². The summed E-state index contributed by atoms with van der Waals surface area (Å²) in [6, 6.07) is 0. The molecule has 118 valence electrons. The third kappa shape index (κ3) is 3.68. The van der Waals surface area contributed by atoms with E-state index in [9.17, 15) is 9.90 Å². The highest BCUT2D eigenvalue weighted by atomic mass is 16.4. The van der Waals surface area contributed by atoms with Gasteiger partial charge in [0.1, 0.15) is 0 Å². The van der Waals surface area contributed by atoms with Crippen LogP contribution in [0.25, 0.3) is 0 Å². The third-order valence-corrected chi connectivity index (χ3v) is 3.84. The average molecular weight is 305 g/mol. The largest absolute Gasteiger partial charge is 0.481 e. The van der Waals surface area contributed by atoms with Crippen LogP contribution in [0.3, 0.4) is 0 Å². The van der Waals surface area contributed by atoms with E-state index in [4.69, 9.17) is 0 Å². The summed E-state index contributed by atoms with van der Waals surface area (Å²) < 4.78 is 0. The number of hydrogen-bond acceptors (Lipinski definition) is 6. The lowest BCUT2D eigenvalue weighted by molar-refractivity contribution is -0.142. The van der Waals surface area contributed by atoms with Crippen molar-refractivity contribution in [3.8, 4) is 0 Å². The van der Waals surface area contributed by atoms with Crippen LogP contribution >= 0.6 is 0 Å². The first-order chi connectivity index (χ1) is 10.7. The molecule has 0 aromatic carbocycles. The minimum Gasteiger partial charge on any atom is -0.481 e. The van der Waals surface area contributed by atoms with E-state index in [0.717, 1.165) is 24.5 Å². The molecule has 3 rings (SSSR count). The van der Waals surface area contributed by atoms with Gasteiger partial charge in [-0.25, -0.2) is 4.98 Å². The fraction of sp³-hybridized carbons (Fsp3) is 0.538. The molecular weight excluding hydrogens is 286 g/mol. The van der Waals surface area contributed by atoms with Crippen molar-refractivity contribution in [3.05, 3.63) is 30.1 Å². The first-order valence-electron chi connectivity index (χ1n) is 7.20. The Morgan fingerprint density at radius 3 is 2.64 bits per heavy atom. The number of rotatable bonds is 5. The molecule has 0 aliphatic carbocycles. The Hall–Kier alpha value is -2.26. The van der Waals surface area contributed by atoms with Gasteiger partial charge >= 0.3 is 5.97 Å². The molecule has 1 unspecified atom stereocenters. The summed E-state index contributed by atoms with van der Waals surface area (Å²) >= 11 is 0. The molecule has 0 amide bonds. The second kappa shape index (κ2) is 6.67. The first-order valence-corrected chi connectivity index (χ1v) is 7.20. The molecule has 9 heteroatoms. The molecule has 2 aromatic rings. The minimum atomic E-state index is -0.762. The molecule has 1 saturated heterocycles. The Balaban J connectivity index is 1.65. The monoisotopic (exact) mass is 305 g/mol. The van der Waals surface area contributed by atoms with E-state index in [1.807, 2.05) is 0 Å². The number of aromatic amines is 2. The van der Waals surface area contributed by atoms with Crippen LogP contribution in [0.1, 0.15) is 11.4 Å². The number of aromatic nitrogens is 5. The van der Waals surface area contributed by atoms with Crippen molar-refractivity contribution in [2.24, 2.45) is 5.92 Å². The number of nitrogens with one attached hydrogen (secondary N) is 2. The van der Waals surface area contributed by atoms with Gasteiger partial charge in [0, 0.05) is 51.2 Å². The van der Waals surface area contributed by atoms with Gasteiger partial charge < -0.3 is 10.1 Å². The highest BCUT2D eigenvalue weighted by Crippen LogP contribution is 2.14. The zero-order chi connectivity index (χ0) is 15.4. The molecule has 0 saturated carbocycles. The van der Waals surface area contributed by atoms with Crippen molar-refractivity contribution in [2.75, 3.05) is 26.2 Å². The molecule has 22 heavy (non-hydrogen) atoms. The van der Waals surface area contributed by atoms with E-state index >= 15 is 0 Å². The van der Waals surface area contributed by atoms with Crippen LogP contribution < -0.4 is 0 Å². The maximum Gasteiger partial charge on any atom is 0.309 e. The lowest BCUT2D eigenvalue weighted by Gasteiger charge is -2.20. The molecule has 1 atom stereocenters. The number of carboxylic acid groups (broad SMARTS) is 1. The van der Waals surface area contributed by atoms with Gasteiger partial charge in [0.2, 0.25) is 0 Å². The van der Waals surface area contributed by atoms with Crippen LogP contribution in [-0.4, -0.2) is 72.4 Å². The van der Waals surface area contributed by atoms with Crippen molar-refractivity contribution in [3.63, 3.8) is 0 Å². The van der Waals surface area contributed by atoms with E-state index in [-0.39, 0.29) is 0 Å². The molecular formula is C13H19N7O2. The zero-order valence-corrected chi connectivity index (χ0v) is 12.1. The molecule has 3 N–H and O–H groups in total. The normalized spacial score (nSPS) is 20.8. The lowest BCUT2D eigenvalue weighted by Crippen LogP contribution is -2.34. The van der Waals surface area contributed by atoms with Gasteiger partial charge in [-0.05, 0) is 0 Å². The van der Waals surface area contributed by atoms with Crippen molar-refractivity contribution < 1.29 is 9.90 Å². The Morgan fingerprint density at radius 2 is 2.05 bits per heavy atom. The fourth-order valence-electron chi connectivity index (χ4n) is 2.73. The fourth-order valence-corrected chi connectivity index (χ4v) is 2.73.